The van der Waals surface area contributed by atoms with Crippen LogP contribution in [0.5, 0.6) is 5.75 Å². The molecule has 0 unspecified atom stereocenters. The zero-order valence-corrected chi connectivity index (χ0v) is 26.9. The van der Waals surface area contributed by atoms with Gasteiger partial charge in [0.2, 0.25) is 0 Å². The van der Waals surface area contributed by atoms with Crippen molar-refractivity contribution >= 4 is 24.3 Å². The number of aromatic nitrogens is 4. The van der Waals surface area contributed by atoms with E-state index < -0.39 is 8.07 Å². The predicted octanol–water partition coefficient (Wildman–Crippen LogP) is 8.95. The van der Waals surface area contributed by atoms with Crippen LogP contribution in [-0.4, -0.2) is 32.7 Å². The van der Waals surface area contributed by atoms with E-state index in [-0.39, 0.29) is 5.75 Å². The zero-order valence-electron chi connectivity index (χ0n) is 25.9. The second-order valence-corrected chi connectivity index (χ2v) is 17.5. The van der Waals surface area contributed by atoms with Gasteiger partial charge in [-0.1, -0.05) is 92.4 Å². The first-order valence-corrected chi connectivity index (χ1v) is 18.6. The molecular formula is C39H34N4OSi. The molecule has 0 saturated heterocycles. The predicted molar refractivity (Wildman–Crippen MR) is 188 cm³/mol. The van der Waals surface area contributed by atoms with Gasteiger partial charge in [0.15, 0.2) is 0 Å². The molecule has 45 heavy (non-hydrogen) atoms. The van der Waals surface area contributed by atoms with Gasteiger partial charge in [0.1, 0.15) is 11.6 Å². The number of hydrogen-bond acceptors (Lipinski definition) is 4. The van der Waals surface area contributed by atoms with Crippen molar-refractivity contribution in [2.24, 2.45) is 7.05 Å². The lowest BCUT2D eigenvalue weighted by atomic mass is 9.93. The highest BCUT2D eigenvalue weighted by Gasteiger charge is 2.23. The number of hydrogen-bond donors (Lipinski definition) is 1. The second kappa shape index (κ2) is 11.3. The van der Waals surface area contributed by atoms with Gasteiger partial charge < -0.3 is 9.67 Å². The van der Waals surface area contributed by atoms with Crippen LogP contribution in [0.3, 0.4) is 0 Å². The molecule has 0 amide bonds. The fourth-order valence-electron chi connectivity index (χ4n) is 6.04. The number of para-hydroxylation sites is 1. The van der Waals surface area contributed by atoms with Crippen molar-refractivity contribution in [3.05, 3.63) is 128 Å². The molecule has 5 nitrogen and oxygen atoms in total. The van der Waals surface area contributed by atoms with Gasteiger partial charge in [0.25, 0.3) is 0 Å². The number of benzene rings is 4. The molecule has 0 fully saturated rings. The largest absolute Gasteiger partial charge is 0.507 e. The number of aromatic hydroxyl groups is 1. The van der Waals surface area contributed by atoms with Crippen LogP contribution in [0, 0.1) is 0 Å². The van der Waals surface area contributed by atoms with Gasteiger partial charge in [-0.2, -0.15) is 0 Å². The number of aryl methyl sites for hydroxylation is 1. The van der Waals surface area contributed by atoms with Crippen LogP contribution in [0.2, 0.25) is 19.6 Å². The maximum atomic E-state index is 10.6. The van der Waals surface area contributed by atoms with Crippen LogP contribution >= 0.6 is 0 Å². The highest BCUT2D eigenvalue weighted by molar-refractivity contribution is 6.89. The van der Waals surface area contributed by atoms with Gasteiger partial charge in [0, 0.05) is 36.8 Å². The van der Waals surface area contributed by atoms with Crippen molar-refractivity contribution in [1.82, 2.24) is 19.5 Å². The Morgan fingerprint density at radius 2 is 1.31 bits per heavy atom. The number of fused-ring (bicyclic) bond motifs is 1. The third-order valence-corrected chi connectivity index (χ3v) is 10.4. The zero-order chi connectivity index (χ0) is 31.1. The molecule has 1 N–H and O–H groups in total. The molecule has 7 aromatic rings. The summed E-state index contributed by atoms with van der Waals surface area (Å²) in [5.74, 6) is 0.818. The summed E-state index contributed by atoms with van der Waals surface area (Å²) >= 11 is 0. The summed E-state index contributed by atoms with van der Waals surface area (Å²) in [6.45, 7) is 7.12. The van der Waals surface area contributed by atoms with Crippen LogP contribution in [0.25, 0.3) is 67.1 Å². The van der Waals surface area contributed by atoms with E-state index in [9.17, 15) is 5.11 Å². The maximum Gasteiger partial charge on any atom is 0.146 e. The molecule has 0 spiro atoms. The van der Waals surface area contributed by atoms with Gasteiger partial charge in [-0.15, -0.1) is 0 Å². The highest BCUT2D eigenvalue weighted by atomic mass is 28.3. The molecule has 4 aromatic carbocycles. The molecule has 3 aromatic heterocycles. The molecule has 0 aliphatic carbocycles. The van der Waals surface area contributed by atoms with E-state index in [0.29, 0.717) is 11.4 Å². The van der Waals surface area contributed by atoms with E-state index in [2.05, 4.69) is 128 Å². The standard InChI is InChI=1S/C39H34N4OSi/c1-43-35-17-11-16-31(38(35)42-39(43)33-24-40-19-18-36(33)44)29-20-28(26-12-7-5-8-13-26)21-30(22-29)34-23-32(27-14-9-6-10-15-27)37(25-41-34)45(2,3)4/h5-25H,1-4H3,(H,40,44). The molecule has 220 valence electrons. The summed E-state index contributed by atoms with van der Waals surface area (Å²) < 4.78 is 2.01. The molecule has 0 aliphatic heterocycles. The van der Waals surface area contributed by atoms with E-state index in [1.54, 1.807) is 18.5 Å². The molecule has 7 rings (SSSR count). The monoisotopic (exact) mass is 602 g/mol. The quantitative estimate of drug-likeness (QED) is 0.193. The summed E-state index contributed by atoms with van der Waals surface area (Å²) in [6.07, 6.45) is 5.34. The fourth-order valence-corrected chi connectivity index (χ4v) is 7.52. The van der Waals surface area contributed by atoms with Gasteiger partial charge >= 0.3 is 0 Å². The first-order valence-electron chi connectivity index (χ1n) is 15.1. The Morgan fingerprint density at radius 3 is 2.02 bits per heavy atom. The highest BCUT2D eigenvalue weighted by Crippen LogP contribution is 2.38. The Balaban J connectivity index is 1.46. The van der Waals surface area contributed by atoms with Crippen LogP contribution < -0.4 is 5.19 Å². The van der Waals surface area contributed by atoms with Gasteiger partial charge in [-0.25, -0.2) is 4.98 Å². The summed E-state index contributed by atoms with van der Waals surface area (Å²) in [4.78, 5) is 14.4. The topological polar surface area (TPSA) is 63.8 Å². The Morgan fingerprint density at radius 1 is 0.622 bits per heavy atom. The maximum absolute atomic E-state index is 10.6. The normalized spacial score (nSPS) is 11.6. The third kappa shape index (κ3) is 5.34. The Labute approximate surface area is 264 Å². The number of imidazole rings is 1. The average Bonchev–Trinajstić information content (AvgIpc) is 3.41. The minimum atomic E-state index is -1.67. The Hall–Kier alpha value is -5.33. The lowest BCUT2D eigenvalue weighted by molar-refractivity contribution is 0.476. The smallest absolute Gasteiger partial charge is 0.146 e. The fraction of sp³-hybridized carbons (Fsp3) is 0.103. The summed E-state index contributed by atoms with van der Waals surface area (Å²) in [6, 6.07) is 37.9. The van der Waals surface area contributed by atoms with Gasteiger partial charge in [-0.05, 0) is 69.4 Å². The number of nitrogens with zero attached hydrogens (tertiary/aromatic N) is 4. The van der Waals surface area contributed by atoms with Crippen molar-refractivity contribution < 1.29 is 5.11 Å². The lowest BCUT2D eigenvalue weighted by Gasteiger charge is -2.22. The van der Waals surface area contributed by atoms with Crippen molar-refractivity contribution in [1.29, 1.82) is 0 Å². The molecular weight excluding hydrogens is 569 g/mol. The number of pyridine rings is 2. The van der Waals surface area contributed by atoms with E-state index in [1.165, 1.54) is 16.3 Å². The lowest BCUT2D eigenvalue weighted by Crippen LogP contribution is -2.39. The van der Waals surface area contributed by atoms with Crippen LogP contribution in [0.15, 0.2) is 128 Å². The van der Waals surface area contributed by atoms with Crippen molar-refractivity contribution in [2.45, 2.75) is 19.6 Å². The van der Waals surface area contributed by atoms with E-state index in [0.717, 1.165) is 44.5 Å². The van der Waals surface area contributed by atoms with E-state index in [1.807, 2.05) is 17.7 Å². The molecule has 0 aliphatic rings. The molecule has 0 atom stereocenters. The van der Waals surface area contributed by atoms with Crippen LogP contribution in [0.4, 0.5) is 0 Å². The summed E-state index contributed by atoms with van der Waals surface area (Å²) in [5.41, 5.74) is 11.2. The van der Waals surface area contributed by atoms with Crippen molar-refractivity contribution in [3.63, 3.8) is 0 Å². The van der Waals surface area contributed by atoms with Gasteiger partial charge in [0.05, 0.1) is 30.4 Å². The van der Waals surface area contributed by atoms with Crippen LogP contribution in [0.1, 0.15) is 0 Å². The van der Waals surface area contributed by atoms with Crippen molar-refractivity contribution in [3.8, 4) is 61.8 Å². The van der Waals surface area contributed by atoms with E-state index >= 15 is 0 Å². The molecule has 0 radical (unpaired) electrons. The average molecular weight is 603 g/mol. The minimum Gasteiger partial charge on any atom is -0.507 e. The summed E-state index contributed by atoms with van der Waals surface area (Å²) in [7, 11) is 0.301. The Kier molecular flexibility index (Phi) is 7.14. The van der Waals surface area contributed by atoms with Crippen LogP contribution in [-0.2, 0) is 7.05 Å². The summed E-state index contributed by atoms with van der Waals surface area (Å²) in [5, 5.41) is 11.9. The van der Waals surface area contributed by atoms with Crippen molar-refractivity contribution in [2.75, 3.05) is 0 Å². The van der Waals surface area contributed by atoms with Gasteiger partial charge in [-0.3, -0.25) is 9.97 Å². The molecule has 0 bridgehead atoms. The first kappa shape index (κ1) is 28.4. The SMILES string of the molecule is Cn1c(-c2cnccc2O)nc2c(-c3cc(-c4ccccc4)cc(-c4cc(-c5ccccc5)c([Si](C)(C)C)cn4)c3)cccc21. The third-order valence-electron chi connectivity index (χ3n) is 8.39. The minimum absolute atomic E-state index is 0.153. The molecule has 0 saturated carbocycles. The number of rotatable bonds is 6. The Bertz CT molecular complexity index is 2170. The van der Waals surface area contributed by atoms with E-state index in [4.69, 9.17) is 9.97 Å². The molecule has 3 heterocycles. The first-order chi connectivity index (χ1) is 21.8. The molecule has 6 heteroatoms. The second-order valence-electron chi connectivity index (χ2n) is 12.5.